The minimum Gasteiger partial charge on any atom is -0.330 e. The van der Waals surface area contributed by atoms with Crippen molar-refractivity contribution in [2.75, 3.05) is 12.3 Å². The van der Waals surface area contributed by atoms with Gasteiger partial charge < -0.3 is 5.73 Å². The van der Waals surface area contributed by atoms with Gasteiger partial charge in [0, 0.05) is 5.56 Å². The first-order valence-corrected chi connectivity index (χ1v) is 8.73. The molecule has 0 aliphatic carbocycles. The van der Waals surface area contributed by atoms with Gasteiger partial charge in [0.1, 0.15) is 5.03 Å². The number of nitrogens with zero attached hydrogens (tertiary/aromatic N) is 2. The standard InChI is InChI=1S/C17H25N3S/c1-3-4-8-13-21-17-16(11-12-18)14(2)19-20(17)15-9-6-5-7-10-15/h5-7,9-10H,3-4,8,11-13,18H2,1-2H3. The second-order valence-corrected chi connectivity index (χ2v) is 6.29. The van der Waals surface area contributed by atoms with Gasteiger partial charge in [0.15, 0.2) is 0 Å². The fraction of sp³-hybridized carbons (Fsp3) is 0.471. The number of nitrogens with two attached hydrogens (primary N) is 1. The molecular weight excluding hydrogens is 278 g/mol. The highest BCUT2D eigenvalue weighted by atomic mass is 32.2. The van der Waals surface area contributed by atoms with Crippen molar-refractivity contribution in [3.63, 3.8) is 0 Å². The minimum atomic E-state index is 0.670. The van der Waals surface area contributed by atoms with Crippen molar-refractivity contribution in [1.82, 2.24) is 9.78 Å². The van der Waals surface area contributed by atoms with E-state index in [1.807, 2.05) is 17.8 Å². The summed E-state index contributed by atoms with van der Waals surface area (Å²) in [7, 11) is 0. The lowest BCUT2D eigenvalue weighted by atomic mass is 10.2. The van der Waals surface area contributed by atoms with Crippen molar-refractivity contribution < 1.29 is 0 Å². The summed E-state index contributed by atoms with van der Waals surface area (Å²) in [5.41, 5.74) is 9.31. The van der Waals surface area contributed by atoms with Gasteiger partial charge in [0.25, 0.3) is 0 Å². The van der Waals surface area contributed by atoms with E-state index in [1.165, 1.54) is 29.9 Å². The first kappa shape index (κ1) is 16.1. The molecule has 0 aliphatic rings. The third-order valence-electron chi connectivity index (χ3n) is 3.52. The van der Waals surface area contributed by atoms with Gasteiger partial charge >= 0.3 is 0 Å². The number of para-hydroxylation sites is 1. The molecule has 0 saturated carbocycles. The molecule has 1 aromatic heterocycles. The van der Waals surface area contributed by atoms with Crippen LogP contribution < -0.4 is 5.73 Å². The quantitative estimate of drug-likeness (QED) is 0.593. The molecule has 0 radical (unpaired) electrons. The van der Waals surface area contributed by atoms with Crippen LogP contribution >= 0.6 is 11.8 Å². The van der Waals surface area contributed by atoms with E-state index in [0.29, 0.717) is 6.54 Å². The summed E-state index contributed by atoms with van der Waals surface area (Å²) in [5, 5.41) is 6.00. The molecule has 0 amide bonds. The maximum absolute atomic E-state index is 5.78. The van der Waals surface area contributed by atoms with Gasteiger partial charge in [-0.2, -0.15) is 5.10 Å². The van der Waals surface area contributed by atoms with E-state index in [9.17, 15) is 0 Å². The number of hydrogen-bond acceptors (Lipinski definition) is 3. The Morgan fingerprint density at radius 1 is 1.19 bits per heavy atom. The van der Waals surface area contributed by atoms with Crippen LogP contribution in [0.5, 0.6) is 0 Å². The Hall–Kier alpha value is -1.26. The van der Waals surface area contributed by atoms with E-state index in [1.54, 1.807) is 0 Å². The SMILES string of the molecule is CCCCCSc1c(CCN)c(C)nn1-c1ccccc1. The maximum atomic E-state index is 5.78. The zero-order valence-electron chi connectivity index (χ0n) is 13.0. The zero-order valence-corrected chi connectivity index (χ0v) is 13.8. The summed E-state index contributed by atoms with van der Waals surface area (Å²) >= 11 is 1.91. The molecule has 0 aliphatic heterocycles. The highest BCUT2D eigenvalue weighted by molar-refractivity contribution is 7.99. The molecule has 0 bridgehead atoms. The smallest absolute Gasteiger partial charge is 0.103 e. The Balaban J connectivity index is 2.28. The van der Waals surface area contributed by atoms with E-state index in [-0.39, 0.29) is 0 Å². The van der Waals surface area contributed by atoms with Gasteiger partial charge in [-0.3, -0.25) is 0 Å². The van der Waals surface area contributed by atoms with E-state index in [4.69, 9.17) is 10.8 Å². The fourth-order valence-electron chi connectivity index (χ4n) is 2.38. The summed E-state index contributed by atoms with van der Waals surface area (Å²) in [4.78, 5) is 0. The Bertz CT molecular complexity index is 549. The molecule has 21 heavy (non-hydrogen) atoms. The molecule has 4 heteroatoms. The van der Waals surface area contributed by atoms with Crippen LogP contribution in [0.15, 0.2) is 35.4 Å². The molecule has 0 spiro atoms. The van der Waals surface area contributed by atoms with Crippen molar-refractivity contribution in [1.29, 1.82) is 0 Å². The predicted octanol–water partition coefficient (Wildman–Crippen LogP) is 3.96. The van der Waals surface area contributed by atoms with Crippen molar-refractivity contribution in [2.45, 2.75) is 44.6 Å². The Morgan fingerprint density at radius 3 is 2.62 bits per heavy atom. The number of hydrogen-bond donors (Lipinski definition) is 1. The molecule has 114 valence electrons. The Kier molecular flexibility index (Phi) is 6.33. The summed E-state index contributed by atoms with van der Waals surface area (Å²) in [5.74, 6) is 1.14. The largest absolute Gasteiger partial charge is 0.330 e. The fourth-order valence-corrected chi connectivity index (χ4v) is 3.62. The van der Waals surface area contributed by atoms with Crippen LogP contribution in [0.2, 0.25) is 0 Å². The predicted molar refractivity (Wildman–Crippen MR) is 91.3 cm³/mol. The molecular formula is C17H25N3S. The summed E-state index contributed by atoms with van der Waals surface area (Å²) in [6.07, 6.45) is 4.70. The van der Waals surface area contributed by atoms with Crippen molar-refractivity contribution in [2.24, 2.45) is 5.73 Å². The lowest BCUT2D eigenvalue weighted by Gasteiger charge is -2.09. The molecule has 0 unspecified atom stereocenters. The third kappa shape index (κ3) is 4.11. The maximum Gasteiger partial charge on any atom is 0.103 e. The first-order valence-electron chi connectivity index (χ1n) is 7.74. The van der Waals surface area contributed by atoms with E-state index in [0.717, 1.165) is 23.6 Å². The number of rotatable bonds is 8. The summed E-state index contributed by atoms with van der Waals surface area (Å²) < 4.78 is 2.08. The number of benzene rings is 1. The van der Waals surface area contributed by atoms with Crippen LogP contribution in [0.25, 0.3) is 5.69 Å². The molecule has 2 N–H and O–H groups in total. The van der Waals surface area contributed by atoms with Crippen molar-refractivity contribution in [3.8, 4) is 5.69 Å². The van der Waals surface area contributed by atoms with Gasteiger partial charge in [0.2, 0.25) is 0 Å². The summed E-state index contributed by atoms with van der Waals surface area (Å²) in [6.45, 7) is 4.99. The molecule has 3 nitrogen and oxygen atoms in total. The molecule has 2 aromatic rings. The van der Waals surface area contributed by atoms with Gasteiger partial charge in [-0.15, -0.1) is 11.8 Å². The van der Waals surface area contributed by atoms with E-state index in [2.05, 4.69) is 42.8 Å². The molecule has 2 rings (SSSR count). The topological polar surface area (TPSA) is 43.8 Å². The Labute approximate surface area is 131 Å². The van der Waals surface area contributed by atoms with Gasteiger partial charge in [0.05, 0.1) is 11.4 Å². The average Bonchev–Trinajstić information content (AvgIpc) is 2.82. The second kappa shape index (κ2) is 8.25. The van der Waals surface area contributed by atoms with Crippen LogP contribution in [0.3, 0.4) is 0 Å². The van der Waals surface area contributed by atoms with Gasteiger partial charge in [-0.25, -0.2) is 4.68 Å². The van der Waals surface area contributed by atoms with E-state index >= 15 is 0 Å². The lowest BCUT2D eigenvalue weighted by Crippen LogP contribution is -2.05. The second-order valence-electron chi connectivity index (χ2n) is 5.21. The van der Waals surface area contributed by atoms with E-state index < -0.39 is 0 Å². The van der Waals surface area contributed by atoms with Crippen LogP contribution in [0.4, 0.5) is 0 Å². The number of aromatic nitrogens is 2. The Morgan fingerprint density at radius 2 is 1.95 bits per heavy atom. The first-order chi connectivity index (χ1) is 10.3. The molecule has 0 atom stereocenters. The van der Waals surface area contributed by atoms with Crippen LogP contribution in [0.1, 0.15) is 37.4 Å². The molecule has 1 aromatic carbocycles. The average molecular weight is 303 g/mol. The minimum absolute atomic E-state index is 0.670. The third-order valence-corrected chi connectivity index (χ3v) is 4.70. The van der Waals surface area contributed by atoms with Crippen LogP contribution in [-0.4, -0.2) is 22.1 Å². The van der Waals surface area contributed by atoms with Gasteiger partial charge in [-0.05, 0) is 44.2 Å². The molecule has 0 fully saturated rings. The van der Waals surface area contributed by atoms with Crippen molar-refractivity contribution >= 4 is 11.8 Å². The summed E-state index contributed by atoms with van der Waals surface area (Å²) in [6, 6.07) is 10.4. The van der Waals surface area contributed by atoms with Crippen molar-refractivity contribution in [3.05, 3.63) is 41.6 Å². The number of unbranched alkanes of at least 4 members (excludes halogenated alkanes) is 2. The monoisotopic (exact) mass is 303 g/mol. The van der Waals surface area contributed by atoms with Gasteiger partial charge in [-0.1, -0.05) is 38.0 Å². The lowest BCUT2D eigenvalue weighted by molar-refractivity contribution is 0.768. The number of thioether (sulfide) groups is 1. The molecule has 0 saturated heterocycles. The highest BCUT2D eigenvalue weighted by Gasteiger charge is 2.16. The molecule has 1 heterocycles. The van der Waals surface area contributed by atoms with Crippen LogP contribution in [-0.2, 0) is 6.42 Å². The zero-order chi connectivity index (χ0) is 15.1. The normalized spacial score (nSPS) is 11.0. The number of aryl methyl sites for hydroxylation is 1. The highest BCUT2D eigenvalue weighted by Crippen LogP contribution is 2.29. The van der Waals surface area contributed by atoms with Crippen LogP contribution in [0, 0.1) is 6.92 Å².